The van der Waals surface area contributed by atoms with E-state index in [1.54, 1.807) is 5.57 Å². The number of hydrogen-bond acceptors (Lipinski definition) is 1. The minimum atomic E-state index is 0.401. The van der Waals surface area contributed by atoms with E-state index < -0.39 is 0 Å². The summed E-state index contributed by atoms with van der Waals surface area (Å²) in [6.07, 6.45) is 9.91. The summed E-state index contributed by atoms with van der Waals surface area (Å²) in [6.45, 7) is 13.6. The predicted molar refractivity (Wildman–Crippen MR) is 85.6 cm³/mol. The zero-order valence-corrected chi connectivity index (χ0v) is 14.0. The summed E-state index contributed by atoms with van der Waals surface area (Å²) in [4.78, 5) is 0. The molecule has 1 saturated heterocycles. The highest BCUT2D eigenvalue weighted by molar-refractivity contribution is 5.19. The molecule has 2 nitrogen and oxygen atoms in total. The van der Waals surface area contributed by atoms with Gasteiger partial charge in [-0.3, -0.25) is 0 Å². The van der Waals surface area contributed by atoms with Gasteiger partial charge in [0.1, 0.15) is 19.1 Å². The van der Waals surface area contributed by atoms with Crippen molar-refractivity contribution < 1.29 is 9.22 Å². The Morgan fingerprint density at radius 3 is 2.60 bits per heavy atom. The zero-order valence-electron chi connectivity index (χ0n) is 14.0. The number of allylic oxidation sites excluding steroid dienone is 3. The first-order valence-corrected chi connectivity index (χ1v) is 8.12. The van der Waals surface area contributed by atoms with Gasteiger partial charge >= 0.3 is 0 Å². The van der Waals surface area contributed by atoms with Crippen LogP contribution in [0.4, 0.5) is 0 Å². The van der Waals surface area contributed by atoms with E-state index in [9.17, 15) is 0 Å². The maximum Gasteiger partial charge on any atom is 0.105 e. The molecule has 2 heteroatoms. The van der Waals surface area contributed by atoms with E-state index in [4.69, 9.17) is 4.74 Å². The second-order valence-corrected chi connectivity index (χ2v) is 7.62. The Morgan fingerprint density at radius 2 is 2.00 bits per heavy atom. The molecule has 114 valence electrons. The van der Waals surface area contributed by atoms with Crippen LogP contribution in [0, 0.1) is 11.3 Å². The number of quaternary nitrogens is 1. The Kier molecular flexibility index (Phi) is 4.76. The van der Waals surface area contributed by atoms with Crippen LogP contribution in [0.5, 0.6) is 0 Å². The molecule has 1 aliphatic carbocycles. The molecule has 2 unspecified atom stereocenters. The van der Waals surface area contributed by atoms with Gasteiger partial charge in [-0.2, -0.15) is 0 Å². The molecule has 1 heterocycles. The van der Waals surface area contributed by atoms with Crippen molar-refractivity contribution in [2.75, 3.05) is 33.4 Å². The lowest BCUT2D eigenvalue weighted by Crippen LogP contribution is -2.56. The van der Waals surface area contributed by atoms with Crippen LogP contribution >= 0.6 is 0 Å². The first-order chi connectivity index (χ1) is 9.35. The summed E-state index contributed by atoms with van der Waals surface area (Å²) >= 11 is 0. The first kappa shape index (κ1) is 15.8. The van der Waals surface area contributed by atoms with Crippen molar-refractivity contribution in [2.24, 2.45) is 11.3 Å². The van der Waals surface area contributed by atoms with Gasteiger partial charge in [0.15, 0.2) is 0 Å². The topological polar surface area (TPSA) is 9.23 Å². The average molecular weight is 278 g/mol. The molecular weight excluding hydrogens is 246 g/mol. The van der Waals surface area contributed by atoms with E-state index in [1.165, 1.54) is 12.8 Å². The molecule has 20 heavy (non-hydrogen) atoms. The molecule has 0 amide bonds. The van der Waals surface area contributed by atoms with Gasteiger partial charge in [-0.15, -0.1) is 0 Å². The lowest BCUT2D eigenvalue weighted by Gasteiger charge is -2.42. The monoisotopic (exact) mass is 278 g/mol. The largest absolute Gasteiger partial charge is 0.370 e. The van der Waals surface area contributed by atoms with Gasteiger partial charge in [0.2, 0.25) is 0 Å². The smallest absolute Gasteiger partial charge is 0.105 e. The molecule has 0 radical (unpaired) electrons. The van der Waals surface area contributed by atoms with Gasteiger partial charge in [0.25, 0.3) is 0 Å². The Morgan fingerprint density at radius 1 is 1.35 bits per heavy atom. The van der Waals surface area contributed by atoms with Crippen LogP contribution in [-0.4, -0.2) is 43.9 Å². The lowest BCUT2D eigenvalue weighted by atomic mass is 9.68. The lowest BCUT2D eigenvalue weighted by molar-refractivity contribution is -0.932. The van der Waals surface area contributed by atoms with E-state index in [0.717, 1.165) is 30.8 Å². The normalized spacial score (nSPS) is 31.1. The highest BCUT2D eigenvalue weighted by atomic mass is 16.5. The molecule has 2 aliphatic rings. The van der Waals surface area contributed by atoms with Crippen molar-refractivity contribution in [3.63, 3.8) is 0 Å². The fourth-order valence-corrected chi connectivity index (χ4v) is 3.63. The molecule has 0 aromatic carbocycles. The van der Waals surface area contributed by atoms with Gasteiger partial charge in [0.05, 0.1) is 20.3 Å². The van der Waals surface area contributed by atoms with Gasteiger partial charge < -0.3 is 9.22 Å². The number of morpholine rings is 1. The third-order valence-electron chi connectivity index (χ3n) is 5.65. The zero-order chi connectivity index (χ0) is 14.8. The number of nitrogens with zero attached hydrogens (tertiary/aromatic N) is 1. The van der Waals surface area contributed by atoms with Crippen LogP contribution in [0.25, 0.3) is 0 Å². The summed E-state index contributed by atoms with van der Waals surface area (Å²) < 4.78 is 6.63. The third kappa shape index (κ3) is 3.35. The van der Waals surface area contributed by atoms with Gasteiger partial charge in [-0.05, 0) is 38.2 Å². The molecule has 1 fully saturated rings. The minimum absolute atomic E-state index is 0.401. The van der Waals surface area contributed by atoms with E-state index >= 15 is 0 Å². The van der Waals surface area contributed by atoms with Crippen molar-refractivity contribution in [1.29, 1.82) is 0 Å². The van der Waals surface area contributed by atoms with Crippen molar-refractivity contribution in [2.45, 2.75) is 46.6 Å². The van der Waals surface area contributed by atoms with Crippen molar-refractivity contribution in [3.8, 4) is 0 Å². The Hall–Kier alpha value is -0.600. The fourth-order valence-electron chi connectivity index (χ4n) is 3.63. The Bertz CT molecular complexity index is 388. The molecule has 1 aliphatic heterocycles. The van der Waals surface area contributed by atoms with Crippen molar-refractivity contribution in [3.05, 3.63) is 23.8 Å². The molecule has 2 atom stereocenters. The Labute approximate surface area is 125 Å². The molecule has 0 saturated carbocycles. The van der Waals surface area contributed by atoms with Crippen LogP contribution in [0.15, 0.2) is 23.8 Å². The summed E-state index contributed by atoms with van der Waals surface area (Å²) in [7, 11) is 2.37. The summed E-state index contributed by atoms with van der Waals surface area (Å²) in [5, 5.41) is 0. The molecule has 0 aromatic heterocycles. The number of rotatable bonds is 3. The second-order valence-electron chi connectivity index (χ2n) is 7.62. The van der Waals surface area contributed by atoms with Crippen LogP contribution in [0.2, 0.25) is 0 Å². The van der Waals surface area contributed by atoms with Gasteiger partial charge in [-0.25, -0.2) is 0 Å². The number of likely N-dealkylation sites (N-methyl/N-ethyl adjacent to an activating group) is 1. The second kappa shape index (κ2) is 6.03. The van der Waals surface area contributed by atoms with Crippen molar-refractivity contribution in [1.82, 2.24) is 0 Å². The van der Waals surface area contributed by atoms with E-state index in [1.807, 2.05) is 0 Å². The fraction of sp³-hybridized carbons (Fsp3) is 0.778. The van der Waals surface area contributed by atoms with Gasteiger partial charge in [0, 0.05) is 5.92 Å². The summed E-state index contributed by atoms with van der Waals surface area (Å²) in [5.74, 6) is 0.603. The predicted octanol–water partition coefficient (Wildman–Crippen LogP) is 3.79. The van der Waals surface area contributed by atoms with E-state index in [2.05, 4.69) is 53.0 Å². The van der Waals surface area contributed by atoms with Crippen LogP contribution in [-0.2, 0) is 4.74 Å². The standard InChI is InChI=1S/C18H32NO/c1-15-7-6-10-18(3,4)17(15)9-8-16(2)19(5)11-13-20-14-12-19/h7-9,16-17H,6,10-14H2,1-5H3/q+1. The highest BCUT2D eigenvalue weighted by Gasteiger charge is 2.33. The SMILES string of the molecule is CC1=CCCC(C)(C)C1C=CC(C)[N+]1(C)CCOCC1. The minimum Gasteiger partial charge on any atom is -0.370 e. The third-order valence-corrected chi connectivity index (χ3v) is 5.65. The first-order valence-electron chi connectivity index (χ1n) is 8.12. The Balaban J connectivity index is 2.07. The maximum atomic E-state index is 5.51. The van der Waals surface area contributed by atoms with Crippen LogP contribution in [0.1, 0.15) is 40.5 Å². The number of ether oxygens (including phenoxy) is 1. The van der Waals surface area contributed by atoms with E-state index in [-0.39, 0.29) is 0 Å². The maximum absolute atomic E-state index is 5.51. The summed E-state index contributed by atoms with van der Waals surface area (Å²) in [5.41, 5.74) is 1.95. The highest BCUT2D eigenvalue weighted by Crippen LogP contribution is 2.41. The summed E-state index contributed by atoms with van der Waals surface area (Å²) in [6, 6.07) is 0.574. The molecule has 0 bridgehead atoms. The molecule has 0 spiro atoms. The molecule has 0 N–H and O–H groups in total. The van der Waals surface area contributed by atoms with Crippen molar-refractivity contribution >= 4 is 0 Å². The van der Waals surface area contributed by atoms with Crippen LogP contribution in [0.3, 0.4) is 0 Å². The molecular formula is C18H32NO+. The molecule has 2 rings (SSSR count). The molecule has 0 aromatic rings. The van der Waals surface area contributed by atoms with Crippen LogP contribution < -0.4 is 0 Å². The average Bonchev–Trinajstić information content (AvgIpc) is 2.38. The van der Waals surface area contributed by atoms with Gasteiger partial charge in [-0.1, -0.05) is 31.6 Å². The van der Waals surface area contributed by atoms with E-state index in [0.29, 0.717) is 17.4 Å². The quantitative estimate of drug-likeness (QED) is 0.564. The number of hydrogen-bond donors (Lipinski definition) is 0.